The first kappa shape index (κ1) is 13.3. The topological polar surface area (TPSA) is 79.2 Å². The van der Waals surface area contributed by atoms with Gasteiger partial charge in [0, 0.05) is 4.92 Å². The number of nitro groups is 1. The average molecular weight is 204 g/mol. The van der Waals surface area contributed by atoms with Crippen molar-refractivity contribution in [3.05, 3.63) is 10.1 Å². The zero-order valence-electron chi connectivity index (χ0n) is 9.09. The van der Waals surface area contributed by atoms with E-state index < -0.39 is 5.79 Å². The Balaban J connectivity index is 4.45. The molecule has 0 aromatic rings. The van der Waals surface area contributed by atoms with Crippen LogP contribution in [0, 0.1) is 10.1 Å². The highest BCUT2D eigenvalue weighted by Gasteiger charge is 2.32. The van der Waals surface area contributed by atoms with Crippen molar-refractivity contribution in [2.24, 2.45) is 0 Å². The molecule has 6 heteroatoms. The maximum absolute atomic E-state index is 10.5. The first-order valence-corrected chi connectivity index (χ1v) is 4.97. The second-order valence-corrected chi connectivity index (χ2v) is 2.99. The van der Waals surface area contributed by atoms with Crippen LogP contribution in [0.2, 0.25) is 0 Å². The summed E-state index contributed by atoms with van der Waals surface area (Å²) in [4.78, 5) is 10.2. The van der Waals surface area contributed by atoms with Gasteiger partial charge in [0.05, 0.1) is 0 Å². The van der Waals surface area contributed by atoms with Gasteiger partial charge in [-0.05, 0) is 19.6 Å². The van der Waals surface area contributed by atoms with Crippen LogP contribution >= 0.6 is 0 Å². The van der Waals surface area contributed by atoms with Crippen molar-refractivity contribution in [2.45, 2.75) is 26.6 Å². The van der Waals surface area contributed by atoms with Crippen LogP contribution in [0.3, 0.4) is 0 Å². The Morgan fingerprint density at radius 2 is 1.43 bits per heavy atom. The van der Waals surface area contributed by atoms with Crippen molar-refractivity contribution in [1.82, 2.24) is 16.0 Å². The Morgan fingerprint density at radius 3 is 1.64 bits per heavy atom. The SMILES string of the molecule is CCNC(C[N+](=O)[O-])(NCC)NCC. The van der Waals surface area contributed by atoms with Gasteiger partial charge in [0.15, 0.2) is 5.79 Å². The summed E-state index contributed by atoms with van der Waals surface area (Å²) in [6, 6.07) is 0. The van der Waals surface area contributed by atoms with Gasteiger partial charge in [-0.2, -0.15) is 0 Å². The molecule has 14 heavy (non-hydrogen) atoms. The summed E-state index contributed by atoms with van der Waals surface area (Å²) in [5.74, 6) is -0.776. The highest BCUT2D eigenvalue weighted by Crippen LogP contribution is 1.95. The van der Waals surface area contributed by atoms with Crippen molar-refractivity contribution in [2.75, 3.05) is 26.2 Å². The molecular formula is C8H20N4O2. The van der Waals surface area contributed by atoms with Crippen LogP contribution in [0.5, 0.6) is 0 Å². The fourth-order valence-corrected chi connectivity index (χ4v) is 1.45. The van der Waals surface area contributed by atoms with Crippen molar-refractivity contribution in [1.29, 1.82) is 0 Å². The van der Waals surface area contributed by atoms with Crippen LogP contribution in [-0.4, -0.2) is 36.9 Å². The van der Waals surface area contributed by atoms with Crippen LogP contribution < -0.4 is 16.0 Å². The second kappa shape index (κ2) is 6.69. The molecular weight excluding hydrogens is 184 g/mol. The first-order valence-electron chi connectivity index (χ1n) is 4.97. The number of hydrogen-bond donors (Lipinski definition) is 3. The van der Waals surface area contributed by atoms with E-state index in [0.29, 0.717) is 19.6 Å². The molecule has 0 atom stereocenters. The molecule has 0 aliphatic rings. The largest absolute Gasteiger partial charge is 0.282 e. The van der Waals surface area contributed by atoms with E-state index in [4.69, 9.17) is 0 Å². The van der Waals surface area contributed by atoms with Crippen LogP contribution in [-0.2, 0) is 0 Å². The summed E-state index contributed by atoms with van der Waals surface area (Å²) >= 11 is 0. The standard InChI is InChI=1S/C8H20N4O2/c1-4-9-8(10-5-2,11-6-3)7-12(13)14/h9-11H,4-7H2,1-3H3. The smallest absolute Gasteiger partial charge is 0.248 e. The third-order valence-corrected chi connectivity index (χ3v) is 1.80. The molecule has 0 aliphatic heterocycles. The number of hydrogen-bond acceptors (Lipinski definition) is 5. The fraction of sp³-hybridized carbons (Fsp3) is 1.00. The summed E-state index contributed by atoms with van der Waals surface area (Å²) < 4.78 is 0. The molecule has 3 N–H and O–H groups in total. The van der Waals surface area contributed by atoms with E-state index in [1.165, 1.54) is 0 Å². The third-order valence-electron chi connectivity index (χ3n) is 1.80. The fourth-order valence-electron chi connectivity index (χ4n) is 1.45. The maximum Gasteiger partial charge on any atom is 0.248 e. The van der Waals surface area contributed by atoms with Crippen molar-refractivity contribution in [3.63, 3.8) is 0 Å². The quantitative estimate of drug-likeness (QED) is 0.288. The zero-order chi connectivity index (χ0) is 11.0. The van der Waals surface area contributed by atoms with E-state index in [1.54, 1.807) is 0 Å². The van der Waals surface area contributed by atoms with E-state index >= 15 is 0 Å². The lowest BCUT2D eigenvalue weighted by Crippen LogP contribution is -2.69. The number of nitrogens with one attached hydrogen (secondary N) is 3. The van der Waals surface area contributed by atoms with Gasteiger partial charge >= 0.3 is 0 Å². The predicted molar refractivity (Wildman–Crippen MR) is 55.6 cm³/mol. The van der Waals surface area contributed by atoms with Gasteiger partial charge < -0.3 is 0 Å². The van der Waals surface area contributed by atoms with Crippen LogP contribution in [0.1, 0.15) is 20.8 Å². The molecule has 0 bridgehead atoms. The van der Waals surface area contributed by atoms with Gasteiger partial charge in [0.1, 0.15) is 0 Å². The molecule has 0 rings (SSSR count). The zero-order valence-corrected chi connectivity index (χ0v) is 9.09. The van der Waals surface area contributed by atoms with Crippen molar-refractivity contribution < 1.29 is 4.92 Å². The number of likely N-dealkylation sites (N-methyl/N-ethyl adjacent to an activating group) is 3. The van der Waals surface area contributed by atoms with Crippen LogP contribution in [0.4, 0.5) is 0 Å². The molecule has 0 fully saturated rings. The Kier molecular flexibility index (Phi) is 6.35. The Hall–Kier alpha value is -0.720. The Labute approximate surface area is 84.6 Å². The summed E-state index contributed by atoms with van der Waals surface area (Å²) in [5, 5.41) is 19.7. The minimum absolute atomic E-state index is 0.178. The summed E-state index contributed by atoms with van der Waals surface area (Å²) in [5.41, 5.74) is 0. The minimum atomic E-state index is -0.776. The maximum atomic E-state index is 10.5. The van der Waals surface area contributed by atoms with Gasteiger partial charge in [-0.3, -0.25) is 26.1 Å². The highest BCUT2D eigenvalue weighted by molar-refractivity contribution is 4.80. The highest BCUT2D eigenvalue weighted by atomic mass is 16.6. The van der Waals surface area contributed by atoms with E-state index in [2.05, 4.69) is 16.0 Å². The van der Waals surface area contributed by atoms with Crippen LogP contribution in [0.25, 0.3) is 0 Å². The molecule has 0 radical (unpaired) electrons. The first-order chi connectivity index (χ1) is 6.60. The van der Waals surface area contributed by atoms with Crippen LogP contribution in [0.15, 0.2) is 0 Å². The number of rotatable bonds is 8. The van der Waals surface area contributed by atoms with Gasteiger partial charge in [-0.25, -0.2) is 0 Å². The predicted octanol–water partition coefficient (Wildman–Crippen LogP) is -0.255. The molecule has 0 unspecified atom stereocenters. The monoisotopic (exact) mass is 204 g/mol. The average Bonchev–Trinajstić information content (AvgIpc) is 2.03. The summed E-state index contributed by atoms with van der Waals surface area (Å²) in [7, 11) is 0. The molecule has 84 valence electrons. The van der Waals surface area contributed by atoms with E-state index in [1.807, 2.05) is 20.8 Å². The molecule has 0 amide bonds. The molecule has 6 nitrogen and oxygen atoms in total. The van der Waals surface area contributed by atoms with Crippen molar-refractivity contribution >= 4 is 0 Å². The van der Waals surface area contributed by atoms with Gasteiger partial charge in [-0.15, -0.1) is 0 Å². The van der Waals surface area contributed by atoms with Crippen molar-refractivity contribution in [3.8, 4) is 0 Å². The van der Waals surface area contributed by atoms with Gasteiger partial charge in [0.25, 0.3) is 0 Å². The molecule has 0 aromatic heterocycles. The summed E-state index contributed by atoms with van der Waals surface area (Å²) in [6.45, 7) is 7.61. The molecule has 0 heterocycles. The second-order valence-electron chi connectivity index (χ2n) is 2.99. The van der Waals surface area contributed by atoms with Gasteiger partial charge in [-0.1, -0.05) is 20.8 Å². The minimum Gasteiger partial charge on any atom is -0.282 e. The molecule has 0 saturated carbocycles. The normalized spacial score (nSPS) is 11.6. The van der Waals surface area contributed by atoms with E-state index in [0.717, 1.165) is 0 Å². The molecule has 0 aliphatic carbocycles. The van der Waals surface area contributed by atoms with Gasteiger partial charge in [0.2, 0.25) is 6.54 Å². The molecule has 0 spiro atoms. The third kappa shape index (κ3) is 4.50. The number of nitrogens with zero attached hydrogens (tertiary/aromatic N) is 1. The Morgan fingerprint density at radius 1 is 1.07 bits per heavy atom. The lowest BCUT2D eigenvalue weighted by molar-refractivity contribution is -0.494. The molecule has 0 aromatic carbocycles. The lowest BCUT2D eigenvalue weighted by Gasteiger charge is -2.32. The lowest BCUT2D eigenvalue weighted by atomic mass is 10.3. The Bertz CT molecular complexity index is 158. The summed E-state index contributed by atoms with van der Waals surface area (Å²) in [6.07, 6.45) is 0. The molecule has 0 saturated heterocycles. The van der Waals surface area contributed by atoms with E-state index in [-0.39, 0.29) is 11.5 Å². The van der Waals surface area contributed by atoms with E-state index in [9.17, 15) is 10.1 Å².